The molecule has 1 atom stereocenters. The molecule has 0 aromatic heterocycles. The van der Waals surface area contributed by atoms with Gasteiger partial charge in [0.05, 0.1) is 6.61 Å². The van der Waals surface area contributed by atoms with E-state index in [0.29, 0.717) is 39.2 Å². The Morgan fingerprint density at radius 3 is 2.10 bits per heavy atom. The Hall–Kier alpha value is -5.02. The van der Waals surface area contributed by atoms with Gasteiger partial charge in [-0.05, 0) is 84.8 Å². The Morgan fingerprint density at radius 2 is 1.42 bits per heavy atom. The van der Waals surface area contributed by atoms with Crippen molar-refractivity contribution in [2.24, 2.45) is 0 Å². The number of halogens is 2. The average molecular weight is 725 g/mol. The predicted octanol–water partition coefficient (Wildman–Crippen LogP) is 10.1. The number of unbranched alkanes of at least 4 members (excludes halogenated alkanes) is 1. The molecule has 0 saturated heterocycles. The van der Waals surface area contributed by atoms with Crippen LogP contribution in [0, 0.1) is 0 Å². The Bertz CT molecular complexity index is 1940. The molecule has 0 aliphatic carbocycles. The number of anilines is 2. The molecule has 0 radical (unpaired) electrons. The van der Waals surface area contributed by atoms with Crippen LogP contribution in [0.3, 0.4) is 0 Å². The highest BCUT2D eigenvalue weighted by atomic mass is 35.5. The highest BCUT2D eigenvalue weighted by Gasteiger charge is 2.23. The van der Waals surface area contributed by atoms with Crippen LogP contribution in [-0.4, -0.2) is 24.3 Å². The van der Waals surface area contributed by atoms with Gasteiger partial charge in [0.15, 0.2) is 0 Å². The van der Waals surface area contributed by atoms with Crippen molar-refractivity contribution in [1.29, 1.82) is 0 Å². The molecule has 0 heterocycles. The van der Waals surface area contributed by atoms with E-state index >= 15 is 0 Å². The maximum absolute atomic E-state index is 13.7. The summed E-state index contributed by atoms with van der Waals surface area (Å²) in [7, 11) is 0. The average Bonchev–Trinajstić information content (AvgIpc) is 3.13. The fourth-order valence-electron chi connectivity index (χ4n) is 4.79. The van der Waals surface area contributed by atoms with Gasteiger partial charge in [-0.1, -0.05) is 97.2 Å². The largest absolute Gasteiger partial charge is 0.494 e. The molecule has 0 spiro atoms. The van der Waals surface area contributed by atoms with Crippen molar-refractivity contribution in [3.8, 4) is 5.75 Å². The monoisotopic (exact) mass is 723 g/mol. The maximum Gasteiger partial charge on any atom is 0.272 e. The van der Waals surface area contributed by atoms with Crippen molar-refractivity contribution < 1.29 is 19.1 Å². The number of hydrogen-bond donors (Lipinski definition) is 3. The fourth-order valence-corrected chi connectivity index (χ4v) is 6.38. The minimum absolute atomic E-state index is 0.0600. The van der Waals surface area contributed by atoms with Gasteiger partial charge < -0.3 is 20.7 Å². The summed E-state index contributed by atoms with van der Waals surface area (Å²) in [6, 6.07) is 37.5. The van der Waals surface area contributed by atoms with Gasteiger partial charge in [-0.15, -0.1) is 11.8 Å². The third-order valence-corrected chi connectivity index (χ3v) is 9.30. The summed E-state index contributed by atoms with van der Waals surface area (Å²) in [6.07, 6.45) is 3.46. The lowest BCUT2D eigenvalue weighted by Crippen LogP contribution is -2.30. The van der Waals surface area contributed by atoms with Crippen LogP contribution in [0.4, 0.5) is 11.4 Å². The molecule has 3 N–H and O–H groups in total. The van der Waals surface area contributed by atoms with Gasteiger partial charge in [-0.25, -0.2) is 0 Å². The summed E-state index contributed by atoms with van der Waals surface area (Å²) in [5.74, 6) is -0.528. The summed E-state index contributed by atoms with van der Waals surface area (Å²) in [4.78, 5) is 41.3. The van der Waals surface area contributed by atoms with E-state index in [-0.39, 0.29) is 11.6 Å². The number of nitrogens with one attached hydrogen (secondary N) is 3. The van der Waals surface area contributed by atoms with Crippen molar-refractivity contribution in [1.82, 2.24) is 5.32 Å². The maximum atomic E-state index is 13.7. The van der Waals surface area contributed by atoms with Gasteiger partial charge in [-0.3, -0.25) is 14.4 Å². The molecule has 254 valence electrons. The Morgan fingerprint density at radius 1 is 0.760 bits per heavy atom. The number of carbonyl (C=O) groups excluding carboxylic acids is 3. The van der Waals surface area contributed by atoms with Crippen molar-refractivity contribution in [2.45, 2.75) is 29.9 Å². The van der Waals surface area contributed by atoms with Crippen LogP contribution in [0.15, 0.2) is 138 Å². The van der Waals surface area contributed by atoms with E-state index in [4.69, 9.17) is 27.9 Å². The van der Waals surface area contributed by atoms with Crippen LogP contribution in [0.2, 0.25) is 10.0 Å². The molecule has 10 heteroatoms. The predicted molar refractivity (Wildman–Crippen MR) is 204 cm³/mol. The third kappa shape index (κ3) is 10.2. The topological polar surface area (TPSA) is 96.5 Å². The minimum atomic E-state index is -0.606. The number of rotatable bonds is 14. The van der Waals surface area contributed by atoms with Crippen molar-refractivity contribution in [3.63, 3.8) is 0 Å². The van der Waals surface area contributed by atoms with E-state index < -0.39 is 17.1 Å². The van der Waals surface area contributed by atoms with E-state index in [9.17, 15) is 14.4 Å². The molecule has 0 aliphatic rings. The van der Waals surface area contributed by atoms with Crippen LogP contribution in [0.1, 0.15) is 46.5 Å². The first-order valence-corrected chi connectivity index (χ1v) is 17.6. The first-order chi connectivity index (χ1) is 24.3. The Labute approximate surface area is 306 Å². The second-order valence-electron chi connectivity index (χ2n) is 11.1. The SMILES string of the molecule is CCCCOc1ccc(NC(=O)C(Sc2cccc(NC(=O)/C(=C\c3c(Cl)cccc3Cl)NC(=O)c3ccccc3)c2)c2ccccc2)cc1. The van der Waals surface area contributed by atoms with E-state index in [0.717, 1.165) is 29.1 Å². The van der Waals surface area contributed by atoms with E-state index in [2.05, 4.69) is 22.9 Å². The zero-order valence-electron chi connectivity index (χ0n) is 27.2. The normalized spacial score (nSPS) is 11.7. The zero-order chi connectivity index (χ0) is 35.3. The molecule has 1 unspecified atom stereocenters. The van der Waals surface area contributed by atoms with Crippen LogP contribution >= 0.6 is 35.0 Å². The number of ether oxygens (including phenoxy) is 1. The Kier molecular flexibility index (Phi) is 13.1. The summed E-state index contributed by atoms with van der Waals surface area (Å²) < 4.78 is 5.75. The van der Waals surface area contributed by atoms with Crippen molar-refractivity contribution in [2.75, 3.05) is 17.2 Å². The van der Waals surface area contributed by atoms with Crippen molar-refractivity contribution >= 4 is 70.1 Å². The molecule has 0 saturated carbocycles. The zero-order valence-corrected chi connectivity index (χ0v) is 29.5. The molecular formula is C40H35Cl2N3O4S. The minimum Gasteiger partial charge on any atom is -0.494 e. The van der Waals surface area contributed by atoms with Crippen LogP contribution < -0.4 is 20.7 Å². The summed E-state index contributed by atoms with van der Waals surface area (Å²) in [5.41, 5.74) is 2.61. The molecule has 0 bridgehead atoms. The molecule has 3 amide bonds. The second-order valence-corrected chi connectivity index (χ2v) is 13.1. The third-order valence-electron chi connectivity index (χ3n) is 7.39. The molecule has 0 aliphatic heterocycles. The smallest absolute Gasteiger partial charge is 0.272 e. The number of carbonyl (C=O) groups is 3. The lowest BCUT2D eigenvalue weighted by molar-refractivity contribution is -0.116. The number of amides is 3. The molecule has 7 nitrogen and oxygen atoms in total. The molecule has 0 fully saturated rings. The fraction of sp³-hybridized carbons (Fsp3) is 0.125. The van der Waals surface area contributed by atoms with Gasteiger partial charge in [0.25, 0.3) is 11.8 Å². The summed E-state index contributed by atoms with van der Waals surface area (Å²) in [6.45, 7) is 2.75. The quantitative estimate of drug-likeness (QED) is 0.0602. The lowest BCUT2D eigenvalue weighted by Gasteiger charge is -2.18. The second kappa shape index (κ2) is 18.1. The molecule has 5 rings (SSSR count). The van der Waals surface area contributed by atoms with Gasteiger partial charge in [-0.2, -0.15) is 0 Å². The van der Waals surface area contributed by atoms with Crippen LogP contribution in [0.5, 0.6) is 5.75 Å². The van der Waals surface area contributed by atoms with Crippen LogP contribution in [-0.2, 0) is 9.59 Å². The van der Waals surface area contributed by atoms with Gasteiger partial charge >= 0.3 is 0 Å². The standard InChI is InChI=1S/C40H35Cl2N3O4S/c1-2-3-24-49-31-22-20-29(21-23-31)43-40(48)37(27-12-6-4-7-13-27)50-32-17-10-16-30(25-32)44-39(47)36(26-33-34(41)18-11-19-35(33)42)45-38(46)28-14-8-5-9-15-28/h4-23,25-26,37H,2-3,24H2,1H3,(H,43,48)(H,44,47)(H,45,46)/b36-26+. The molecular weight excluding hydrogens is 689 g/mol. The number of thioether (sulfide) groups is 1. The van der Waals surface area contributed by atoms with E-state index in [1.807, 2.05) is 60.7 Å². The van der Waals surface area contributed by atoms with Crippen LogP contribution in [0.25, 0.3) is 6.08 Å². The molecule has 5 aromatic rings. The first kappa shape index (κ1) is 36.3. The van der Waals surface area contributed by atoms with Gasteiger partial charge in [0, 0.05) is 37.4 Å². The lowest BCUT2D eigenvalue weighted by atomic mass is 10.1. The van der Waals surface area contributed by atoms with E-state index in [1.165, 1.54) is 17.8 Å². The highest BCUT2D eigenvalue weighted by Crippen LogP contribution is 2.37. The Balaban J connectivity index is 1.35. The van der Waals surface area contributed by atoms with Crippen molar-refractivity contribution in [3.05, 3.63) is 160 Å². The molecule has 5 aromatic carbocycles. The summed E-state index contributed by atoms with van der Waals surface area (Å²) in [5, 5.41) is 8.63. The van der Waals surface area contributed by atoms with E-state index in [1.54, 1.807) is 66.7 Å². The first-order valence-electron chi connectivity index (χ1n) is 16.0. The summed E-state index contributed by atoms with van der Waals surface area (Å²) >= 11 is 14.2. The number of benzene rings is 5. The highest BCUT2D eigenvalue weighted by molar-refractivity contribution is 8.00. The van der Waals surface area contributed by atoms with Gasteiger partial charge in [0.1, 0.15) is 16.7 Å². The number of hydrogen-bond acceptors (Lipinski definition) is 5. The molecule has 50 heavy (non-hydrogen) atoms. The van der Waals surface area contributed by atoms with Gasteiger partial charge in [0.2, 0.25) is 5.91 Å².